The van der Waals surface area contributed by atoms with Crippen LogP contribution in [0.25, 0.3) is 16.8 Å². The molecule has 0 bridgehead atoms. The SMILES string of the molecule is COc1ccc2ccccc2c1/C=C(\C#N)C(=O)NCc1ccccc1. The molecule has 0 saturated carbocycles. The Bertz CT molecular complexity index is 1000. The molecule has 26 heavy (non-hydrogen) atoms. The van der Waals surface area contributed by atoms with Crippen molar-refractivity contribution in [2.24, 2.45) is 0 Å². The summed E-state index contributed by atoms with van der Waals surface area (Å²) in [5.41, 5.74) is 1.73. The van der Waals surface area contributed by atoms with Crippen LogP contribution in [-0.4, -0.2) is 13.0 Å². The van der Waals surface area contributed by atoms with Gasteiger partial charge in [0.15, 0.2) is 0 Å². The molecule has 1 amide bonds. The van der Waals surface area contributed by atoms with Crippen LogP contribution in [0.15, 0.2) is 72.3 Å². The fourth-order valence-electron chi connectivity index (χ4n) is 2.77. The lowest BCUT2D eigenvalue weighted by atomic mass is 10.0. The first kappa shape index (κ1) is 17.2. The number of methoxy groups -OCH3 is 1. The van der Waals surface area contributed by atoms with Crippen LogP contribution in [0.5, 0.6) is 5.75 Å². The summed E-state index contributed by atoms with van der Waals surface area (Å²) in [7, 11) is 1.57. The second kappa shape index (κ2) is 8.00. The molecule has 4 nitrogen and oxygen atoms in total. The Kier molecular flexibility index (Phi) is 5.31. The van der Waals surface area contributed by atoms with Crippen LogP contribution < -0.4 is 10.1 Å². The molecule has 0 spiro atoms. The van der Waals surface area contributed by atoms with Crippen molar-refractivity contribution in [3.8, 4) is 11.8 Å². The normalized spacial score (nSPS) is 11.0. The van der Waals surface area contributed by atoms with Crippen molar-refractivity contribution in [1.29, 1.82) is 5.26 Å². The van der Waals surface area contributed by atoms with Gasteiger partial charge in [-0.3, -0.25) is 4.79 Å². The Morgan fingerprint density at radius 2 is 1.81 bits per heavy atom. The van der Waals surface area contributed by atoms with E-state index in [9.17, 15) is 10.1 Å². The molecule has 0 unspecified atom stereocenters. The molecule has 128 valence electrons. The van der Waals surface area contributed by atoms with Gasteiger partial charge < -0.3 is 10.1 Å². The Hall–Kier alpha value is -3.58. The highest BCUT2D eigenvalue weighted by Crippen LogP contribution is 2.30. The third-order valence-corrected chi connectivity index (χ3v) is 4.10. The van der Waals surface area contributed by atoms with E-state index in [4.69, 9.17) is 4.74 Å². The summed E-state index contributed by atoms with van der Waals surface area (Å²) in [6.45, 7) is 0.366. The fraction of sp³-hybridized carbons (Fsp3) is 0.0909. The molecule has 3 aromatic rings. The van der Waals surface area contributed by atoms with E-state index >= 15 is 0 Å². The van der Waals surface area contributed by atoms with Crippen LogP contribution in [0.1, 0.15) is 11.1 Å². The number of nitriles is 1. The van der Waals surface area contributed by atoms with E-state index in [0.717, 1.165) is 21.9 Å². The smallest absolute Gasteiger partial charge is 0.262 e. The van der Waals surface area contributed by atoms with E-state index in [-0.39, 0.29) is 5.57 Å². The van der Waals surface area contributed by atoms with Crippen molar-refractivity contribution in [2.45, 2.75) is 6.54 Å². The molecule has 0 radical (unpaired) electrons. The Labute approximate surface area is 152 Å². The van der Waals surface area contributed by atoms with Crippen LogP contribution in [0.2, 0.25) is 0 Å². The van der Waals surface area contributed by atoms with E-state index in [1.54, 1.807) is 13.2 Å². The van der Waals surface area contributed by atoms with Crippen molar-refractivity contribution in [1.82, 2.24) is 5.32 Å². The molecule has 0 atom stereocenters. The van der Waals surface area contributed by atoms with Crippen molar-refractivity contribution in [3.05, 3.63) is 83.4 Å². The summed E-state index contributed by atoms with van der Waals surface area (Å²) in [5, 5.41) is 14.2. The molecule has 3 aromatic carbocycles. The Morgan fingerprint density at radius 3 is 2.54 bits per heavy atom. The quantitative estimate of drug-likeness (QED) is 0.561. The third-order valence-electron chi connectivity index (χ3n) is 4.10. The molecule has 0 aromatic heterocycles. The maximum absolute atomic E-state index is 12.4. The summed E-state index contributed by atoms with van der Waals surface area (Å²) < 4.78 is 5.42. The largest absolute Gasteiger partial charge is 0.496 e. The molecule has 0 aliphatic heterocycles. The number of amides is 1. The molecule has 3 rings (SSSR count). The summed E-state index contributed by atoms with van der Waals surface area (Å²) in [6, 6.07) is 23.1. The van der Waals surface area contributed by atoms with Crippen molar-refractivity contribution >= 4 is 22.8 Å². The van der Waals surface area contributed by atoms with Crippen LogP contribution in [0, 0.1) is 11.3 Å². The van der Waals surface area contributed by atoms with Gasteiger partial charge in [-0.2, -0.15) is 5.26 Å². The fourth-order valence-corrected chi connectivity index (χ4v) is 2.77. The van der Waals surface area contributed by atoms with E-state index in [0.29, 0.717) is 12.3 Å². The van der Waals surface area contributed by atoms with Gasteiger partial charge in [-0.15, -0.1) is 0 Å². The van der Waals surface area contributed by atoms with E-state index in [2.05, 4.69) is 5.32 Å². The van der Waals surface area contributed by atoms with E-state index < -0.39 is 5.91 Å². The maximum atomic E-state index is 12.4. The standard InChI is InChI=1S/C22H18N2O2/c1-26-21-12-11-17-9-5-6-10-19(17)20(21)13-18(14-23)22(25)24-15-16-7-3-2-4-8-16/h2-13H,15H2,1H3,(H,24,25)/b18-13+. The first-order chi connectivity index (χ1) is 12.7. The average molecular weight is 342 g/mol. The van der Waals surface area contributed by atoms with Gasteiger partial charge in [-0.05, 0) is 28.5 Å². The zero-order chi connectivity index (χ0) is 18.4. The van der Waals surface area contributed by atoms with Gasteiger partial charge in [0.05, 0.1) is 7.11 Å². The lowest BCUT2D eigenvalue weighted by Crippen LogP contribution is -2.23. The van der Waals surface area contributed by atoms with Gasteiger partial charge in [-0.25, -0.2) is 0 Å². The summed E-state index contributed by atoms with van der Waals surface area (Å²) in [5.74, 6) is 0.207. The number of nitrogens with one attached hydrogen (secondary N) is 1. The van der Waals surface area contributed by atoms with Gasteiger partial charge in [0.2, 0.25) is 0 Å². The number of nitrogens with zero attached hydrogens (tertiary/aromatic N) is 1. The van der Waals surface area contributed by atoms with Gasteiger partial charge in [-0.1, -0.05) is 60.7 Å². The van der Waals surface area contributed by atoms with Gasteiger partial charge in [0.25, 0.3) is 5.91 Å². The zero-order valence-electron chi connectivity index (χ0n) is 14.4. The monoisotopic (exact) mass is 342 g/mol. The van der Waals surface area contributed by atoms with Crippen molar-refractivity contribution in [3.63, 3.8) is 0 Å². The highest BCUT2D eigenvalue weighted by atomic mass is 16.5. The summed E-state index contributed by atoms with van der Waals surface area (Å²) in [4.78, 5) is 12.4. The van der Waals surface area contributed by atoms with Gasteiger partial charge in [0.1, 0.15) is 17.4 Å². The second-order valence-electron chi connectivity index (χ2n) is 5.74. The van der Waals surface area contributed by atoms with Gasteiger partial charge in [0, 0.05) is 12.1 Å². The molecule has 4 heteroatoms. The number of hydrogen-bond acceptors (Lipinski definition) is 3. The number of benzene rings is 3. The third kappa shape index (κ3) is 3.73. The first-order valence-corrected chi connectivity index (χ1v) is 8.22. The van der Waals surface area contributed by atoms with Gasteiger partial charge >= 0.3 is 0 Å². The highest BCUT2D eigenvalue weighted by molar-refractivity contribution is 6.04. The lowest BCUT2D eigenvalue weighted by molar-refractivity contribution is -0.117. The van der Waals surface area contributed by atoms with E-state index in [1.807, 2.05) is 72.8 Å². The minimum Gasteiger partial charge on any atom is -0.496 e. The summed E-state index contributed by atoms with van der Waals surface area (Å²) in [6.07, 6.45) is 1.58. The summed E-state index contributed by atoms with van der Waals surface area (Å²) >= 11 is 0. The minimum atomic E-state index is -0.411. The second-order valence-corrected chi connectivity index (χ2v) is 5.74. The molecular weight excluding hydrogens is 324 g/mol. The van der Waals surface area contributed by atoms with Crippen molar-refractivity contribution < 1.29 is 9.53 Å². The number of ether oxygens (including phenoxy) is 1. The maximum Gasteiger partial charge on any atom is 0.262 e. The lowest BCUT2D eigenvalue weighted by Gasteiger charge is -2.10. The molecule has 1 N–H and O–H groups in total. The van der Waals surface area contributed by atoms with E-state index in [1.165, 1.54) is 0 Å². The number of hydrogen-bond donors (Lipinski definition) is 1. The molecular formula is C22H18N2O2. The number of carbonyl (C=O) groups is 1. The predicted molar refractivity (Wildman–Crippen MR) is 102 cm³/mol. The van der Waals surface area contributed by atoms with Crippen LogP contribution in [0.3, 0.4) is 0 Å². The average Bonchev–Trinajstić information content (AvgIpc) is 2.70. The number of rotatable bonds is 5. The van der Waals surface area contributed by atoms with Crippen LogP contribution >= 0.6 is 0 Å². The zero-order valence-corrected chi connectivity index (χ0v) is 14.4. The molecule has 0 aliphatic rings. The number of fused-ring (bicyclic) bond motifs is 1. The number of carbonyl (C=O) groups excluding carboxylic acids is 1. The Balaban J connectivity index is 1.92. The topological polar surface area (TPSA) is 62.1 Å². The van der Waals surface area contributed by atoms with Crippen LogP contribution in [0.4, 0.5) is 0 Å². The molecule has 0 fully saturated rings. The van der Waals surface area contributed by atoms with Crippen molar-refractivity contribution in [2.75, 3.05) is 7.11 Å². The minimum absolute atomic E-state index is 0.0376. The predicted octanol–water partition coefficient (Wildman–Crippen LogP) is 4.07. The highest BCUT2D eigenvalue weighted by Gasteiger charge is 2.12. The van der Waals surface area contributed by atoms with Crippen LogP contribution in [-0.2, 0) is 11.3 Å². The molecule has 0 aliphatic carbocycles. The molecule has 0 heterocycles. The molecule has 0 saturated heterocycles. The Morgan fingerprint density at radius 1 is 1.08 bits per heavy atom. The first-order valence-electron chi connectivity index (χ1n) is 8.22.